The zero-order chi connectivity index (χ0) is 25.2. The van der Waals surface area contributed by atoms with Gasteiger partial charge in [-0.05, 0) is 25.5 Å². The zero-order valence-corrected chi connectivity index (χ0v) is 20.5. The summed E-state index contributed by atoms with van der Waals surface area (Å²) in [6.07, 6.45) is 6.29. The fourth-order valence-electron chi connectivity index (χ4n) is 3.75. The second kappa shape index (κ2) is 10.0. The number of anilines is 2. The molecule has 35 heavy (non-hydrogen) atoms. The molecule has 4 rings (SSSR count). The standard InChI is InChI=1S/C22H28N7O5P/c1-14(21(30)31)27-35(32,34-17-7-5-4-6-8-17)33-12-15-9-10-16(11-15)29-13-24-18-19(28(2)3)25-22(23)26-20(18)29/h4-10,13-16H,11-12H2,1-3H3,(H,27,32)(H,30,31)(H2,23,25,26)/t14-,15+,16-,35-/m0/s1. The second-order valence-corrected chi connectivity index (χ2v) is 10.2. The number of imidazole rings is 1. The predicted octanol–water partition coefficient (Wildman–Crippen LogP) is 2.86. The van der Waals surface area contributed by atoms with E-state index in [0.29, 0.717) is 29.2 Å². The summed E-state index contributed by atoms with van der Waals surface area (Å²) in [5.41, 5.74) is 7.18. The molecule has 0 saturated heterocycles. The normalized spacial score (nSPS) is 20.0. The number of aliphatic carboxylic acids is 1. The third kappa shape index (κ3) is 5.61. The van der Waals surface area contributed by atoms with E-state index in [9.17, 15) is 14.5 Å². The van der Waals surface area contributed by atoms with E-state index >= 15 is 0 Å². The Morgan fingerprint density at radius 2 is 2.06 bits per heavy atom. The highest BCUT2D eigenvalue weighted by atomic mass is 31.2. The number of hydrogen-bond acceptors (Lipinski definition) is 9. The molecule has 0 spiro atoms. The van der Waals surface area contributed by atoms with E-state index in [0.717, 1.165) is 0 Å². The first-order valence-electron chi connectivity index (χ1n) is 11.0. The molecule has 0 unspecified atom stereocenters. The molecule has 0 bridgehead atoms. The fraction of sp³-hybridized carbons (Fsp3) is 0.364. The van der Waals surface area contributed by atoms with Crippen molar-refractivity contribution in [1.29, 1.82) is 0 Å². The summed E-state index contributed by atoms with van der Waals surface area (Å²) < 4.78 is 26.6. The smallest absolute Gasteiger partial charge is 0.459 e. The number of allylic oxidation sites excluding steroid dienone is 1. The summed E-state index contributed by atoms with van der Waals surface area (Å²) in [7, 11) is -0.255. The van der Waals surface area contributed by atoms with E-state index in [2.05, 4.69) is 20.0 Å². The number of nitrogens with zero attached hydrogens (tertiary/aromatic N) is 5. The molecule has 186 valence electrons. The van der Waals surface area contributed by atoms with Gasteiger partial charge in [0.25, 0.3) is 0 Å². The number of rotatable bonds is 10. The average Bonchev–Trinajstić information content (AvgIpc) is 3.44. The number of nitrogens with two attached hydrogens (primary N) is 1. The molecule has 12 nitrogen and oxygen atoms in total. The van der Waals surface area contributed by atoms with Gasteiger partial charge in [-0.3, -0.25) is 9.32 Å². The van der Waals surface area contributed by atoms with Crippen LogP contribution in [0.5, 0.6) is 5.75 Å². The van der Waals surface area contributed by atoms with Crippen LogP contribution < -0.4 is 20.2 Å². The highest BCUT2D eigenvalue weighted by Gasteiger charge is 2.33. The third-order valence-electron chi connectivity index (χ3n) is 5.50. The Kier molecular flexibility index (Phi) is 7.06. The molecule has 1 aliphatic rings. The third-order valence-corrected chi connectivity index (χ3v) is 7.14. The van der Waals surface area contributed by atoms with Gasteiger partial charge in [0.05, 0.1) is 19.0 Å². The molecular formula is C22H28N7O5P. The van der Waals surface area contributed by atoms with Crippen molar-refractivity contribution in [2.45, 2.75) is 25.4 Å². The van der Waals surface area contributed by atoms with Gasteiger partial charge in [-0.1, -0.05) is 30.4 Å². The Morgan fingerprint density at radius 1 is 1.31 bits per heavy atom. The number of para-hydroxylation sites is 1. The van der Waals surface area contributed by atoms with Gasteiger partial charge in [0.1, 0.15) is 11.8 Å². The Balaban J connectivity index is 1.47. The number of carbonyl (C=O) groups is 1. The van der Waals surface area contributed by atoms with Crippen LogP contribution in [0.3, 0.4) is 0 Å². The van der Waals surface area contributed by atoms with E-state index in [1.54, 1.807) is 36.7 Å². The molecule has 0 aliphatic heterocycles. The molecule has 0 radical (unpaired) electrons. The minimum absolute atomic E-state index is 0.0587. The van der Waals surface area contributed by atoms with Gasteiger partial charge in [0, 0.05) is 20.0 Å². The van der Waals surface area contributed by atoms with E-state index in [4.69, 9.17) is 14.8 Å². The highest BCUT2D eigenvalue weighted by Crippen LogP contribution is 2.46. The van der Waals surface area contributed by atoms with Crippen molar-refractivity contribution in [3.8, 4) is 5.75 Å². The van der Waals surface area contributed by atoms with Gasteiger partial charge in [-0.25, -0.2) is 9.55 Å². The van der Waals surface area contributed by atoms with Crippen molar-refractivity contribution in [3.63, 3.8) is 0 Å². The Morgan fingerprint density at radius 3 is 2.74 bits per heavy atom. The van der Waals surface area contributed by atoms with Gasteiger partial charge in [-0.2, -0.15) is 15.1 Å². The van der Waals surface area contributed by atoms with Crippen molar-refractivity contribution < 1.29 is 23.5 Å². The minimum Gasteiger partial charge on any atom is -0.480 e. The Bertz CT molecular complexity index is 1280. The van der Waals surface area contributed by atoms with Crippen molar-refractivity contribution in [1.82, 2.24) is 24.6 Å². The van der Waals surface area contributed by atoms with Gasteiger partial charge in [-0.15, -0.1) is 0 Å². The molecule has 4 N–H and O–H groups in total. The predicted molar refractivity (Wildman–Crippen MR) is 131 cm³/mol. The SMILES string of the molecule is C[C@H](N[P@](=O)(OC[C@@H]1C=C[C@H](n2cnc3c(N(C)C)nc(N)nc32)C1)Oc1ccccc1)C(=O)O. The first-order chi connectivity index (χ1) is 16.6. The van der Waals surface area contributed by atoms with Crippen LogP contribution in [0.25, 0.3) is 11.2 Å². The minimum atomic E-state index is -3.97. The maximum atomic E-state index is 13.4. The number of aromatic nitrogens is 4. The monoisotopic (exact) mass is 501 g/mol. The number of fused-ring (bicyclic) bond motifs is 1. The van der Waals surface area contributed by atoms with Crippen molar-refractivity contribution in [2.24, 2.45) is 5.92 Å². The lowest BCUT2D eigenvalue weighted by atomic mass is 10.1. The van der Waals surface area contributed by atoms with Crippen LogP contribution in [0, 0.1) is 5.92 Å². The number of nitrogens with one attached hydrogen (secondary N) is 1. The number of benzene rings is 1. The molecule has 13 heteroatoms. The molecule has 0 amide bonds. The molecular weight excluding hydrogens is 473 g/mol. The van der Waals surface area contributed by atoms with E-state index < -0.39 is 19.8 Å². The van der Waals surface area contributed by atoms with Crippen LogP contribution in [0.4, 0.5) is 11.8 Å². The molecule has 1 aliphatic carbocycles. The molecule has 2 heterocycles. The van der Waals surface area contributed by atoms with Crippen LogP contribution in [0.2, 0.25) is 0 Å². The van der Waals surface area contributed by atoms with E-state index in [1.807, 2.05) is 35.7 Å². The zero-order valence-electron chi connectivity index (χ0n) is 19.6. The maximum Gasteiger partial charge on any atom is 0.459 e. The Hall–Kier alpha value is -3.47. The van der Waals surface area contributed by atoms with Crippen LogP contribution in [0.15, 0.2) is 48.8 Å². The van der Waals surface area contributed by atoms with E-state index in [1.165, 1.54) is 6.92 Å². The van der Waals surface area contributed by atoms with Crippen LogP contribution in [-0.4, -0.2) is 57.3 Å². The second-order valence-electron chi connectivity index (χ2n) is 8.46. The van der Waals surface area contributed by atoms with Gasteiger partial charge in [0.2, 0.25) is 5.95 Å². The van der Waals surface area contributed by atoms with Gasteiger partial charge in [0.15, 0.2) is 17.0 Å². The van der Waals surface area contributed by atoms with Crippen LogP contribution >= 0.6 is 7.75 Å². The molecule has 3 aromatic rings. The first-order valence-corrected chi connectivity index (χ1v) is 12.5. The summed E-state index contributed by atoms with van der Waals surface area (Å²) in [6.45, 7) is 1.43. The summed E-state index contributed by atoms with van der Waals surface area (Å²) in [5.74, 6) is -0.177. The lowest BCUT2D eigenvalue weighted by Gasteiger charge is -2.23. The van der Waals surface area contributed by atoms with Crippen molar-refractivity contribution >= 4 is 36.6 Å². The molecule has 4 atom stereocenters. The van der Waals surface area contributed by atoms with Crippen LogP contribution in [-0.2, 0) is 13.9 Å². The lowest BCUT2D eigenvalue weighted by molar-refractivity contribution is -0.138. The van der Waals surface area contributed by atoms with Gasteiger partial charge < -0.3 is 24.8 Å². The molecule has 0 saturated carbocycles. The Labute approximate surface area is 202 Å². The largest absolute Gasteiger partial charge is 0.480 e. The van der Waals surface area contributed by atoms with E-state index in [-0.39, 0.29) is 24.5 Å². The summed E-state index contributed by atoms with van der Waals surface area (Å²) in [4.78, 5) is 26.3. The number of nitrogen functional groups attached to an aromatic ring is 1. The number of hydrogen-bond donors (Lipinski definition) is 3. The fourth-order valence-corrected chi connectivity index (χ4v) is 5.30. The number of carboxylic acid groups (broad SMARTS) is 1. The topological polar surface area (TPSA) is 158 Å². The van der Waals surface area contributed by atoms with Crippen molar-refractivity contribution in [3.05, 3.63) is 48.8 Å². The molecule has 2 aromatic heterocycles. The summed E-state index contributed by atoms with van der Waals surface area (Å²) >= 11 is 0. The molecule has 0 fully saturated rings. The quantitative estimate of drug-likeness (QED) is 0.277. The maximum absolute atomic E-state index is 13.4. The molecule has 1 aromatic carbocycles. The lowest BCUT2D eigenvalue weighted by Crippen LogP contribution is -2.33. The van der Waals surface area contributed by atoms with Crippen LogP contribution in [0.1, 0.15) is 19.4 Å². The van der Waals surface area contributed by atoms with Gasteiger partial charge >= 0.3 is 13.7 Å². The summed E-state index contributed by atoms with van der Waals surface area (Å²) in [5, 5.41) is 11.7. The highest BCUT2D eigenvalue weighted by molar-refractivity contribution is 7.52. The first kappa shape index (κ1) is 24.6. The summed E-state index contributed by atoms with van der Waals surface area (Å²) in [6, 6.07) is 7.26. The number of carboxylic acids is 1. The van der Waals surface area contributed by atoms with Crippen molar-refractivity contribution in [2.75, 3.05) is 31.3 Å². The average molecular weight is 501 g/mol.